The van der Waals surface area contributed by atoms with Gasteiger partial charge < -0.3 is 9.47 Å². The van der Waals surface area contributed by atoms with Gasteiger partial charge in [0, 0.05) is 10.6 Å². The molecule has 210 valence electrons. The van der Waals surface area contributed by atoms with Gasteiger partial charge >= 0.3 is 12.1 Å². The molecule has 0 unspecified atom stereocenters. The first-order valence-electron chi connectivity index (χ1n) is 12.4. The third-order valence-electron chi connectivity index (χ3n) is 6.34. The van der Waals surface area contributed by atoms with Crippen molar-refractivity contribution in [3.8, 4) is 5.75 Å². The summed E-state index contributed by atoms with van der Waals surface area (Å²) in [5.41, 5.74) is -2.01. The van der Waals surface area contributed by atoms with Gasteiger partial charge in [-0.05, 0) is 47.5 Å². The van der Waals surface area contributed by atoms with Crippen LogP contribution in [0.25, 0.3) is 16.8 Å². The van der Waals surface area contributed by atoms with Crippen LogP contribution in [0.5, 0.6) is 5.75 Å². The molecule has 1 atom stereocenters. The van der Waals surface area contributed by atoms with Crippen LogP contribution in [-0.2, 0) is 9.53 Å². The lowest BCUT2D eigenvalue weighted by Gasteiger charge is -2.26. The zero-order valence-corrected chi connectivity index (χ0v) is 23.1. The van der Waals surface area contributed by atoms with Crippen molar-refractivity contribution in [2.24, 2.45) is 4.99 Å². The van der Waals surface area contributed by atoms with Crippen LogP contribution in [0.1, 0.15) is 24.1 Å². The Labute approximate surface area is 240 Å². The van der Waals surface area contributed by atoms with Crippen molar-refractivity contribution in [2.45, 2.75) is 19.1 Å². The number of aromatic nitrogens is 1. The van der Waals surface area contributed by atoms with Crippen LogP contribution in [0, 0.1) is 0 Å². The normalized spacial score (nSPS) is 15.4. The number of nitrogens with zero attached hydrogens (tertiary/aromatic N) is 2. The molecule has 0 radical (unpaired) electrons. The molecule has 3 aromatic carbocycles. The molecule has 0 bridgehead atoms. The topological polar surface area (TPSA) is 69.9 Å². The number of hydrogen-bond donors (Lipinski definition) is 0. The molecule has 4 aromatic rings. The minimum absolute atomic E-state index is 0.106. The van der Waals surface area contributed by atoms with Crippen molar-refractivity contribution >= 4 is 45.8 Å². The molecule has 1 aliphatic rings. The second kappa shape index (κ2) is 11.4. The van der Waals surface area contributed by atoms with E-state index in [2.05, 4.69) is 11.6 Å². The molecule has 0 fully saturated rings. The monoisotopic (exact) mass is 598 g/mol. The van der Waals surface area contributed by atoms with E-state index in [0.29, 0.717) is 16.3 Å². The molecule has 0 spiro atoms. The number of rotatable bonds is 7. The van der Waals surface area contributed by atoms with E-state index in [1.807, 2.05) is 30.3 Å². The molecule has 0 saturated heterocycles. The number of carbonyl (C=O) groups is 1. The van der Waals surface area contributed by atoms with Crippen molar-refractivity contribution in [1.29, 1.82) is 0 Å². The number of alkyl halides is 3. The van der Waals surface area contributed by atoms with E-state index >= 15 is 0 Å². The SMILES string of the molecule is C=CCOc1ccc2ccccc2c1/C=c1\sc2n(c1=O)[C@H](c1ccc(Cl)cc1)C(C(=O)OCC)=C(C(F)(F)F)N=2. The van der Waals surface area contributed by atoms with Gasteiger partial charge in [-0.3, -0.25) is 9.36 Å². The van der Waals surface area contributed by atoms with Crippen LogP contribution in [-0.4, -0.2) is 29.9 Å². The van der Waals surface area contributed by atoms with Gasteiger partial charge in [-0.25, -0.2) is 9.79 Å². The van der Waals surface area contributed by atoms with Crippen LogP contribution < -0.4 is 19.6 Å². The second-order valence-electron chi connectivity index (χ2n) is 8.91. The molecule has 1 aliphatic heterocycles. The molecule has 0 N–H and O–H groups in total. The molecule has 2 heterocycles. The van der Waals surface area contributed by atoms with Gasteiger partial charge in [0.2, 0.25) is 0 Å². The lowest BCUT2D eigenvalue weighted by atomic mass is 9.95. The van der Waals surface area contributed by atoms with Crippen LogP contribution in [0.15, 0.2) is 94.4 Å². The first-order valence-corrected chi connectivity index (χ1v) is 13.6. The van der Waals surface area contributed by atoms with Crippen LogP contribution in [0.2, 0.25) is 5.02 Å². The zero-order valence-electron chi connectivity index (χ0n) is 21.6. The lowest BCUT2D eigenvalue weighted by Crippen LogP contribution is -2.41. The molecule has 41 heavy (non-hydrogen) atoms. The van der Waals surface area contributed by atoms with Gasteiger partial charge in [0.25, 0.3) is 5.56 Å². The first kappa shape index (κ1) is 28.4. The summed E-state index contributed by atoms with van der Waals surface area (Å²) < 4.78 is 55.1. The predicted molar refractivity (Wildman–Crippen MR) is 152 cm³/mol. The van der Waals surface area contributed by atoms with Gasteiger partial charge in [-0.1, -0.05) is 78.1 Å². The van der Waals surface area contributed by atoms with E-state index in [1.165, 1.54) is 31.2 Å². The summed E-state index contributed by atoms with van der Waals surface area (Å²) in [5.74, 6) is -0.751. The summed E-state index contributed by atoms with van der Waals surface area (Å²) in [7, 11) is 0. The van der Waals surface area contributed by atoms with E-state index in [4.69, 9.17) is 21.1 Å². The minimum Gasteiger partial charge on any atom is -0.489 e. The van der Waals surface area contributed by atoms with Crippen LogP contribution in [0.4, 0.5) is 13.2 Å². The van der Waals surface area contributed by atoms with Crippen molar-refractivity contribution in [2.75, 3.05) is 13.2 Å². The lowest BCUT2D eigenvalue weighted by molar-refractivity contribution is -0.140. The summed E-state index contributed by atoms with van der Waals surface area (Å²) in [6.45, 7) is 5.19. The van der Waals surface area contributed by atoms with Gasteiger partial charge in [0.05, 0.1) is 22.8 Å². The van der Waals surface area contributed by atoms with Crippen molar-refractivity contribution < 1.29 is 27.4 Å². The number of hydrogen-bond acceptors (Lipinski definition) is 6. The van der Waals surface area contributed by atoms with Crippen molar-refractivity contribution in [1.82, 2.24) is 4.57 Å². The number of carbonyl (C=O) groups excluding carboxylic acids is 1. The second-order valence-corrected chi connectivity index (χ2v) is 10.4. The third-order valence-corrected chi connectivity index (χ3v) is 7.58. The maximum atomic E-state index is 14.3. The maximum absolute atomic E-state index is 14.3. The van der Waals surface area contributed by atoms with Crippen molar-refractivity contribution in [3.63, 3.8) is 0 Å². The Kier molecular flexibility index (Phi) is 7.88. The minimum atomic E-state index is -5.00. The van der Waals surface area contributed by atoms with Crippen LogP contribution >= 0.6 is 22.9 Å². The van der Waals surface area contributed by atoms with E-state index < -0.39 is 35.0 Å². The fourth-order valence-corrected chi connectivity index (χ4v) is 5.74. The Morgan fingerprint density at radius 2 is 1.88 bits per heavy atom. The van der Waals surface area contributed by atoms with Gasteiger partial charge in [-0.15, -0.1) is 0 Å². The molecule has 0 aliphatic carbocycles. The molecular weight excluding hydrogens is 577 g/mol. The number of thiazole rings is 1. The Balaban J connectivity index is 1.83. The van der Waals surface area contributed by atoms with Crippen molar-refractivity contribution in [3.05, 3.63) is 120 Å². The largest absolute Gasteiger partial charge is 0.489 e. The fourth-order valence-electron chi connectivity index (χ4n) is 4.63. The first-order chi connectivity index (χ1) is 19.6. The number of benzene rings is 3. The predicted octanol–water partition coefficient (Wildman–Crippen LogP) is 5.71. The Bertz CT molecular complexity index is 1870. The molecule has 11 heteroatoms. The number of halogens is 4. The zero-order chi connectivity index (χ0) is 29.3. The van der Waals surface area contributed by atoms with Crippen LogP contribution in [0.3, 0.4) is 0 Å². The molecule has 0 amide bonds. The van der Waals surface area contributed by atoms with Gasteiger partial charge in [0.15, 0.2) is 10.5 Å². The molecular formula is C30H22ClF3N2O4S. The highest BCUT2D eigenvalue weighted by molar-refractivity contribution is 7.07. The Morgan fingerprint density at radius 1 is 1.15 bits per heavy atom. The number of fused-ring (bicyclic) bond motifs is 2. The highest BCUT2D eigenvalue weighted by atomic mass is 35.5. The Hall–Kier alpha value is -4.15. The summed E-state index contributed by atoms with van der Waals surface area (Å²) >= 11 is 6.82. The van der Waals surface area contributed by atoms with E-state index in [9.17, 15) is 22.8 Å². The molecule has 0 saturated carbocycles. The van der Waals surface area contributed by atoms with E-state index in [0.717, 1.165) is 26.7 Å². The third kappa shape index (κ3) is 5.45. The standard InChI is InChI=1S/C30H22ClF3N2O4S/c1-3-15-40-22-14-11-17-7-5-6-8-20(17)21(22)16-23-27(37)36-25(18-9-12-19(31)13-10-18)24(28(38)39-4-2)26(30(32,33)34)35-29(36)41-23/h3,5-14,16,25H,1,4,15H2,2H3/b23-16-/t25-/m1/s1. The highest BCUT2D eigenvalue weighted by Crippen LogP contribution is 2.38. The van der Waals surface area contributed by atoms with E-state index in [1.54, 1.807) is 18.2 Å². The molecule has 6 nitrogen and oxygen atoms in total. The number of allylic oxidation sites excluding steroid dienone is 1. The smallest absolute Gasteiger partial charge is 0.434 e. The summed E-state index contributed by atoms with van der Waals surface area (Å²) in [4.78, 5) is 30.5. The number of ether oxygens (including phenoxy) is 2. The summed E-state index contributed by atoms with van der Waals surface area (Å²) in [6, 6.07) is 15.5. The van der Waals surface area contributed by atoms with E-state index in [-0.39, 0.29) is 28.1 Å². The fraction of sp³-hybridized carbons (Fsp3) is 0.167. The summed E-state index contributed by atoms with van der Waals surface area (Å²) in [5, 5.41) is 1.99. The molecule has 1 aromatic heterocycles. The van der Waals surface area contributed by atoms with Gasteiger partial charge in [0.1, 0.15) is 12.4 Å². The number of esters is 1. The Morgan fingerprint density at radius 3 is 2.56 bits per heavy atom. The summed E-state index contributed by atoms with van der Waals surface area (Å²) in [6.07, 6.45) is -1.84. The average molecular weight is 599 g/mol. The maximum Gasteiger partial charge on any atom is 0.434 e. The average Bonchev–Trinajstić information content (AvgIpc) is 3.26. The highest BCUT2D eigenvalue weighted by Gasteiger charge is 2.45. The quantitative estimate of drug-likeness (QED) is 0.202. The van der Waals surface area contributed by atoms with Gasteiger partial charge in [-0.2, -0.15) is 13.2 Å². The molecule has 5 rings (SSSR count).